The van der Waals surface area contributed by atoms with Crippen LogP contribution in [-0.4, -0.2) is 71.1 Å². The molecule has 28 heavy (non-hydrogen) atoms. The molecule has 0 saturated carbocycles. The average molecular weight is 386 g/mol. The second-order valence-corrected chi connectivity index (χ2v) is 7.74. The van der Waals surface area contributed by atoms with E-state index in [0.717, 1.165) is 12.1 Å². The Bertz CT molecular complexity index is 846. The molecule has 8 heteroatoms. The maximum Gasteiger partial charge on any atom is 0.231 e. The Hall–Kier alpha value is -2.61. The van der Waals surface area contributed by atoms with Crippen molar-refractivity contribution in [3.63, 3.8) is 0 Å². The molecular formula is C20H26N4O4. The van der Waals surface area contributed by atoms with Gasteiger partial charge in [0.1, 0.15) is 5.76 Å². The predicted octanol–water partition coefficient (Wildman–Crippen LogP) is 1.05. The lowest BCUT2D eigenvalue weighted by Gasteiger charge is -2.27. The molecule has 2 atom stereocenters. The van der Waals surface area contributed by atoms with Crippen molar-refractivity contribution in [2.45, 2.75) is 18.8 Å². The van der Waals surface area contributed by atoms with E-state index in [1.165, 1.54) is 0 Å². The maximum absolute atomic E-state index is 13.4. The van der Waals surface area contributed by atoms with E-state index in [-0.39, 0.29) is 24.2 Å². The van der Waals surface area contributed by atoms with Crippen LogP contribution in [0.4, 0.5) is 0 Å². The van der Waals surface area contributed by atoms with Crippen molar-refractivity contribution in [2.24, 2.45) is 12.5 Å². The van der Waals surface area contributed by atoms with Gasteiger partial charge in [0.25, 0.3) is 0 Å². The number of carbonyl (C=O) groups is 2. The molecule has 2 aromatic rings. The minimum absolute atomic E-state index is 0.0177. The molecule has 150 valence electrons. The zero-order valence-electron chi connectivity index (χ0n) is 16.3. The molecule has 0 aliphatic carbocycles. The van der Waals surface area contributed by atoms with Gasteiger partial charge in [-0.3, -0.25) is 9.59 Å². The zero-order chi connectivity index (χ0) is 19.7. The number of ether oxygens (including phenoxy) is 1. The van der Waals surface area contributed by atoms with Crippen molar-refractivity contribution < 1.29 is 18.7 Å². The fraction of sp³-hybridized carbons (Fsp3) is 0.550. The first kappa shape index (κ1) is 18.7. The van der Waals surface area contributed by atoms with E-state index in [1.807, 2.05) is 22.7 Å². The Morgan fingerprint density at radius 3 is 3.00 bits per heavy atom. The van der Waals surface area contributed by atoms with Crippen molar-refractivity contribution in [1.29, 1.82) is 0 Å². The van der Waals surface area contributed by atoms with Crippen molar-refractivity contribution >= 4 is 11.8 Å². The number of aromatic nitrogens is 2. The van der Waals surface area contributed by atoms with Gasteiger partial charge in [0.05, 0.1) is 36.7 Å². The Labute approximate surface area is 164 Å². The van der Waals surface area contributed by atoms with Gasteiger partial charge in [0, 0.05) is 52.5 Å². The van der Waals surface area contributed by atoms with Gasteiger partial charge in [0.2, 0.25) is 11.8 Å². The summed E-state index contributed by atoms with van der Waals surface area (Å²) in [5.74, 6) is 0.624. The molecule has 2 saturated heterocycles. The highest BCUT2D eigenvalue weighted by molar-refractivity contribution is 5.88. The first-order valence-corrected chi connectivity index (χ1v) is 9.60. The Kier molecular flexibility index (Phi) is 4.97. The van der Waals surface area contributed by atoms with Crippen LogP contribution in [0.1, 0.15) is 23.8 Å². The largest absolute Gasteiger partial charge is 0.469 e. The molecule has 0 unspecified atom stereocenters. The normalized spacial score (nSPS) is 24.6. The Morgan fingerprint density at radius 2 is 2.32 bits per heavy atom. The van der Waals surface area contributed by atoms with E-state index in [0.29, 0.717) is 38.5 Å². The standard InChI is InChI=1S/C20H26N4O4/c1-22-12-17(21-14-22)16-11-24(18(25)10-15-4-3-8-28-15)13-20(16)5-6-23(19(20)26)7-9-27-2/h3-4,8,12,14,16H,5-7,9-11,13H2,1-2H3/t16-,20+/m1/s1. The van der Waals surface area contributed by atoms with Crippen LogP contribution < -0.4 is 0 Å². The molecule has 2 aliphatic heterocycles. The highest BCUT2D eigenvalue weighted by Gasteiger charge is 2.58. The number of likely N-dealkylation sites (tertiary alicyclic amines) is 2. The average Bonchev–Trinajstić information content (AvgIpc) is 3.45. The molecular weight excluding hydrogens is 360 g/mol. The highest BCUT2D eigenvalue weighted by Crippen LogP contribution is 2.49. The fourth-order valence-electron chi connectivity index (χ4n) is 4.51. The number of rotatable bonds is 6. The molecule has 8 nitrogen and oxygen atoms in total. The van der Waals surface area contributed by atoms with E-state index in [2.05, 4.69) is 4.98 Å². The van der Waals surface area contributed by atoms with Crippen molar-refractivity contribution in [3.05, 3.63) is 42.4 Å². The first-order chi connectivity index (χ1) is 13.5. The smallest absolute Gasteiger partial charge is 0.231 e. The zero-order valence-corrected chi connectivity index (χ0v) is 16.3. The quantitative estimate of drug-likeness (QED) is 0.741. The van der Waals surface area contributed by atoms with Crippen LogP contribution in [0.15, 0.2) is 35.3 Å². The number of amides is 2. The number of imidazole rings is 1. The van der Waals surface area contributed by atoms with Gasteiger partial charge in [-0.1, -0.05) is 0 Å². The molecule has 0 radical (unpaired) electrons. The number of nitrogens with zero attached hydrogens (tertiary/aromatic N) is 4. The van der Waals surface area contributed by atoms with Gasteiger partial charge in [-0.2, -0.15) is 0 Å². The molecule has 2 aromatic heterocycles. The number of aryl methyl sites for hydroxylation is 1. The van der Waals surface area contributed by atoms with Gasteiger partial charge in [-0.25, -0.2) is 4.98 Å². The van der Waals surface area contributed by atoms with Gasteiger partial charge < -0.3 is 23.5 Å². The minimum Gasteiger partial charge on any atom is -0.469 e. The Morgan fingerprint density at radius 1 is 1.46 bits per heavy atom. The SMILES string of the molecule is COCCN1CC[C@@]2(CN(C(=O)Cc3ccco3)C[C@@H]2c2cn(C)cn2)C1=O. The van der Waals surface area contributed by atoms with Crippen LogP contribution in [0.25, 0.3) is 0 Å². The summed E-state index contributed by atoms with van der Waals surface area (Å²) < 4.78 is 12.4. The minimum atomic E-state index is -0.610. The molecule has 0 N–H and O–H groups in total. The summed E-state index contributed by atoms with van der Waals surface area (Å²) in [6.45, 7) is 2.70. The lowest BCUT2D eigenvalue weighted by atomic mass is 9.75. The molecule has 2 aliphatic rings. The number of methoxy groups -OCH3 is 1. The topological polar surface area (TPSA) is 80.8 Å². The lowest BCUT2D eigenvalue weighted by Crippen LogP contribution is -2.41. The van der Waals surface area contributed by atoms with E-state index in [1.54, 1.807) is 36.7 Å². The monoisotopic (exact) mass is 386 g/mol. The molecule has 2 amide bonds. The van der Waals surface area contributed by atoms with Crippen LogP contribution in [0.3, 0.4) is 0 Å². The summed E-state index contributed by atoms with van der Waals surface area (Å²) in [4.78, 5) is 34.5. The lowest BCUT2D eigenvalue weighted by molar-refractivity contribution is -0.137. The van der Waals surface area contributed by atoms with Crippen LogP contribution in [0, 0.1) is 5.41 Å². The van der Waals surface area contributed by atoms with Gasteiger partial charge in [-0.15, -0.1) is 0 Å². The summed E-state index contributed by atoms with van der Waals surface area (Å²) in [6, 6.07) is 3.58. The second-order valence-electron chi connectivity index (χ2n) is 7.74. The van der Waals surface area contributed by atoms with Gasteiger partial charge in [-0.05, 0) is 18.6 Å². The number of carbonyl (C=O) groups excluding carboxylic acids is 2. The molecule has 1 spiro atoms. The summed E-state index contributed by atoms with van der Waals surface area (Å²) in [5.41, 5.74) is 0.263. The third-order valence-electron chi connectivity index (χ3n) is 5.99. The van der Waals surface area contributed by atoms with Crippen molar-refractivity contribution in [2.75, 3.05) is 39.9 Å². The molecule has 2 fully saturated rings. The fourth-order valence-corrected chi connectivity index (χ4v) is 4.51. The second kappa shape index (κ2) is 7.43. The third kappa shape index (κ3) is 3.22. The summed E-state index contributed by atoms with van der Waals surface area (Å²) in [5, 5.41) is 0. The number of furan rings is 1. The molecule has 4 rings (SSSR count). The molecule has 0 aromatic carbocycles. The third-order valence-corrected chi connectivity index (χ3v) is 5.99. The van der Waals surface area contributed by atoms with Crippen molar-refractivity contribution in [1.82, 2.24) is 19.4 Å². The first-order valence-electron chi connectivity index (χ1n) is 9.60. The van der Waals surface area contributed by atoms with E-state index in [9.17, 15) is 9.59 Å². The van der Waals surface area contributed by atoms with E-state index in [4.69, 9.17) is 9.15 Å². The number of hydrogen-bond donors (Lipinski definition) is 0. The molecule has 4 heterocycles. The van der Waals surface area contributed by atoms with E-state index < -0.39 is 5.41 Å². The van der Waals surface area contributed by atoms with Crippen LogP contribution in [0.2, 0.25) is 0 Å². The highest BCUT2D eigenvalue weighted by atomic mass is 16.5. The van der Waals surface area contributed by atoms with Crippen LogP contribution in [-0.2, 0) is 27.8 Å². The number of hydrogen-bond acceptors (Lipinski definition) is 5. The molecule has 0 bridgehead atoms. The Balaban J connectivity index is 1.59. The van der Waals surface area contributed by atoms with Gasteiger partial charge in [0.15, 0.2) is 0 Å². The van der Waals surface area contributed by atoms with Crippen molar-refractivity contribution in [3.8, 4) is 0 Å². The predicted molar refractivity (Wildman–Crippen MR) is 100 cm³/mol. The van der Waals surface area contributed by atoms with Crippen LogP contribution in [0.5, 0.6) is 0 Å². The maximum atomic E-state index is 13.4. The van der Waals surface area contributed by atoms with Gasteiger partial charge >= 0.3 is 0 Å². The summed E-state index contributed by atoms with van der Waals surface area (Å²) >= 11 is 0. The summed E-state index contributed by atoms with van der Waals surface area (Å²) in [6.07, 6.45) is 6.20. The van der Waals surface area contributed by atoms with E-state index >= 15 is 0 Å². The van der Waals surface area contributed by atoms with Crippen LogP contribution >= 0.6 is 0 Å². The summed E-state index contributed by atoms with van der Waals surface area (Å²) in [7, 11) is 3.55.